The van der Waals surface area contributed by atoms with Crippen molar-refractivity contribution in [3.05, 3.63) is 54.6 Å². The Kier molecular flexibility index (Phi) is 4.71. The number of hydrogen-bond donors (Lipinski definition) is 1. The van der Waals surface area contributed by atoms with E-state index in [0.717, 1.165) is 21.5 Å². The monoisotopic (exact) mass is 373 g/mol. The zero-order valence-electron chi connectivity index (χ0n) is 16.0. The predicted octanol–water partition coefficient (Wildman–Crippen LogP) is 5.04. The van der Waals surface area contributed by atoms with Crippen molar-refractivity contribution in [3.63, 3.8) is 0 Å². The Morgan fingerprint density at radius 2 is 1.71 bits per heavy atom. The number of fused-ring (bicyclic) bond motifs is 2. The van der Waals surface area contributed by atoms with Gasteiger partial charge in [0.25, 0.3) is 0 Å². The van der Waals surface area contributed by atoms with E-state index in [1.165, 1.54) is 6.92 Å². The van der Waals surface area contributed by atoms with Gasteiger partial charge in [0, 0.05) is 23.9 Å². The highest BCUT2D eigenvalue weighted by atomic mass is 16.2. The Bertz CT molecular complexity index is 1100. The van der Waals surface area contributed by atoms with Crippen LogP contribution in [0.5, 0.6) is 0 Å². The summed E-state index contributed by atoms with van der Waals surface area (Å²) < 4.78 is 0. The molecule has 4 heteroatoms. The minimum atomic E-state index is -1.08. The summed E-state index contributed by atoms with van der Waals surface area (Å²) in [6.07, 6.45) is 2.16. The number of hydrogen-bond acceptors (Lipinski definition) is 3. The Morgan fingerprint density at radius 3 is 2.39 bits per heavy atom. The zero-order chi connectivity index (χ0) is 19.7. The lowest BCUT2D eigenvalue weighted by atomic mass is 9.79. The molecule has 142 valence electrons. The highest BCUT2D eigenvalue weighted by Crippen LogP contribution is 2.41. The van der Waals surface area contributed by atoms with Crippen LogP contribution in [0.25, 0.3) is 21.5 Å². The highest BCUT2D eigenvalue weighted by molar-refractivity contribution is 6.15. The van der Waals surface area contributed by atoms with Crippen molar-refractivity contribution in [2.24, 2.45) is 5.41 Å². The number of amides is 1. The van der Waals surface area contributed by atoms with Crippen LogP contribution in [0.4, 0.5) is 5.69 Å². The van der Waals surface area contributed by atoms with Gasteiger partial charge in [-0.1, -0.05) is 36.4 Å². The van der Waals surface area contributed by atoms with E-state index < -0.39 is 5.41 Å². The van der Waals surface area contributed by atoms with Gasteiger partial charge in [-0.2, -0.15) is 0 Å². The number of nitrogens with one attached hydrogen (secondary N) is 1. The van der Waals surface area contributed by atoms with E-state index in [2.05, 4.69) is 23.5 Å². The van der Waals surface area contributed by atoms with E-state index in [9.17, 15) is 14.4 Å². The third-order valence-electron chi connectivity index (χ3n) is 5.87. The maximum atomic E-state index is 13.2. The molecule has 0 unspecified atom stereocenters. The van der Waals surface area contributed by atoms with Gasteiger partial charge in [-0.3, -0.25) is 9.59 Å². The Balaban J connectivity index is 1.72. The number of Topliss-reactive ketones (excluding diaryl/α,β-unsaturated/α-hetero) is 2. The fourth-order valence-corrected chi connectivity index (χ4v) is 4.25. The second-order valence-electron chi connectivity index (χ2n) is 7.74. The number of anilines is 1. The van der Waals surface area contributed by atoms with Gasteiger partial charge >= 0.3 is 0 Å². The number of carbonyl (C=O) groups is 3. The molecule has 4 nitrogen and oxygen atoms in total. The number of benzene rings is 3. The van der Waals surface area contributed by atoms with Crippen LogP contribution in [0.3, 0.4) is 0 Å². The van der Waals surface area contributed by atoms with Crippen LogP contribution in [0.2, 0.25) is 0 Å². The second-order valence-corrected chi connectivity index (χ2v) is 7.74. The summed E-state index contributed by atoms with van der Waals surface area (Å²) in [5.74, 6) is -0.322. The SMILES string of the molecule is CC(=O)CC[C@]1(C(=O)Nc2cccc3cc4ccccc4cc23)CCCC1=O. The molecule has 3 aromatic rings. The third kappa shape index (κ3) is 3.19. The first-order valence-corrected chi connectivity index (χ1v) is 9.75. The summed E-state index contributed by atoms with van der Waals surface area (Å²) in [5.41, 5.74) is -0.375. The van der Waals surface area contributed by atoms with Crippen LogP contribution in [0.15, 0.2) is 54.6 Å². The third-order valence-corrected chi connectivity index (χ3v) is 5.87. The van der Waals surface area contributed by atoms with Gasteiger partial charge in [-0.05, 0) is 60.5 Å². The molecule has 0 aliphatic heterocycles. The summed E-state index contributed by atoms with van der Waals surface area (Å²) >= 11 is 0. The number of carbonyl (C=O) groups excluding carboxylic acids is 3. The van der Waals surface area contributed by atoms with Gasteiger partial charge in [0.05, 0.1) is 0 Å². The van der Waals surface area contributed by atoms with Gasteiger partial charge in [0.2, 0.25) is 5.91 Å². The zero-order valence-corrected chi connectivity index (χ0v) is 16.0. The molecule has 0 bridgehead atoms. The van der Waals surface area contributed by atoms with Crippen molar-refractivity contribution in [2.45, 2.75) is 39.0 Å². The van der Waals surface area contributed by atoms with Crippen molar-refractivity contribution < 1.29 is 14.4 Å². The average molecular weight is 373 g/mol. The van der Waals surface area contributed by atoms with E-state index in [4.69, 9.17) is 0 Å². The summed E-state index contributed by atoms with van der Waals surface area (Å²) in [4.78, 5) is 37.3. The molecular weight excluding hydrogens is 350 g/mol. The second kappa shape index (κ2) is 7.19. The lowest BCUT2D eigenvalue weighted by Crippen LogP contribution is -2.40. The average Bonchev–Trinajstić information content (AvgIpc) is 3.06. The normalized spacial score (nSPS) is 19.2. The van der Waals surface area contributed by atoms with E-state index in [1.807, 2.05) is 36.4 Å². The van der Waals surface area contributed by atoms with Crippen LogP contribution in [-0.4, -0.2) is 17.5 Å². The quantitative estimate of drug-likeness (QED) is 0.503. The van der Waals surface area contributed by atoms with E-state index in [0.29, 0.717) is 31.4 Å². The minimum absolute atomic E-state index is 0.00325. The van der Waals surface area contributed by atoms with Gasteiger partial charge in [0.1, 0.15) is 17.0 Å². The topological polar surface area (TPSA) is 63.2 Å². The molecule has 0 radical (unpaired) electrons. The maximum absolute atomic E-state index is 13.2. The minimum Gasteiger partial charge on any atom is -0.325 e. The summed E-state index contributed by atoms with van der Waals surface area (Å²) in [7, 11) is 0. The molecule has 0 spiro atoms. The number of rotatable bonds is 5. The predicted molar refractivity (Wildman–Crippen MR) is 111 cm³/mol. The van der Waals surface area contributed by atoms with Crippen molar-refractivity contribution >= 4 is 44.7 Å². The lowest BCUT2D eigenvalue weighted by Gasteiger charge is -2.26. The molecule has 1 aliphatic rings. The van der Waals surface area contributed by atoms with Crippen molar-refractivity contribution in [1.82, 2.24) is 0 Å². The molecule has 1 saturated carbocycles. The Morgan fingerprint density at radius 1 is 1.00 bits per heavy atom. The lowest BCUT2D eigenvalue weighted by molar-refractivity contribution is -0.137. The molecule has 4 rings (SSSR count). The van der Waals surface area contributed by atoms with Crippen LogP contribution in [-0.2, 0) is 14.4 Å². The standard InChI is InChI=1S/C24H23NO3/c1-16(26)11-13-24(12-5-10-22(24)27)23(28)25-21-9-4-8-19-14-17-6-2-3-7-18(17)15-20(19)21/h2-4,6-9,14-15H,5,10-13H2,1H3,(H,25,28)/t24-/m1/s1. The van der Waals surface area contributed by atoms with Crippen molar-refractivity contribution in [2.75, 3.05) is 5.32 Å². The fourth-order valence-electron chi connectivity index (χ4n) is 4.25. The molecule has 0 saturated heterocycles. The maximum Gasteiger partial charge on any atom is 0.238 e. The largest absolute Gasteiger partial charge is 0.325 e. The van der Waals surface area contributed by atoms with Crippen LogP contribution in [0, 0.1) is 5.41 Å². The molecule has 1 aliphatic carbocycles. The van der Waals surface area contributed by atoms with E-state index >= 15 is 0 Å². The molecule has 0 aromatic heterocycles. The molecule has 3 aromatic carbocycles. The molecule has 1 fully saturated rings. The van der Waals surface area contributed by atoms with Gasteiger partial charge < -0.3 is 10.1 Å². The molecule has 1 N–H and O–H groups in total. The molecular formula is C24H23NO3. The van der Waals surface area contributed by atoms with Crippen molar-refractivity contribution in [3.8, 4) is 0 Å². The first kappa shape index (κ1) is 18.4. The molecule has 1 amide bonds. The molecule has 0 heterocycles. The Labute approximate surface area is 163 Å². The Hall–Kier alpha value is -3.01. The van der Waals surface area contributed by atoms with Gasteiger partial charge in [-0.15, -0.1) is 0 Å². The van der Waals surface area contributed by atoms with Gasteiger partial charge in [-0.25, -0.2) is 0 Å². The first-order valence-electron chi connectivity index (χ1n) is 9.75. The first-order chi connectivity index (χ1) is 13.5. The van der Waals surface area contributed by atoms with Crippen LogP contribution < -0.4 is 5.32 Å². The summed E-state index contributed by atoms with van der Waals surface area (Å²) in [6.45, 7) is 1.50. The number of ketones is 2. The highest BCUT2D eigenvalue weighted by Gasteiger charge is 2.48. The van der Waals surface area contributed by atoms with E-state index in [-0.39, 0.29) is 23.9 Å². The molecule has 1 atom stereocenters. The van der Waals surface area contributed by atoms with E-state index in [1.54, 1.807) is 0 Å². The van der Waals surface area contributed by atoms with Crippen LogP contribution in [0.1, 0.15) is 39.0 Å². The van der Waals surface area contributed by atoms with Crippen molar-refractivity contribution in [1.29, 1.82) is 0 Å². The molecule has 28 heavy (non-hydrogen) atoms. The summed E-state index contributed by atoms with van der Waals surface area (Å²) in [6, 6.07) is 18.1. The van der Waals surface area contributed by atoms with Crippen LogP contribution >= 0.6 is 0 Å². The fraction of sp³-hybridized carbons (Fsp3) is 0.292. The van der Waals surface area contributed by atoms with Gasteiger partial charge in [0.15, 0.2) is 0 Å². The smallest absolute Gasteiger partial charge is 0.238 e. The summed E-state index contributed by atoms with van der Waals surface area (Å²) in [5, 5.41) is 7.23.